The third-order valence-electron chi connectivity index (χ3n) is 12.5. The van der Waals surface area contributed by atoms with Crippen molar-refractivity contribution in [2.45, 2.75) is 107 Å². The van der Waals surface area contributed by atoms with Crippen LogP contribution >= 0.6 is 0 Å². The molecule has 77 heavy (non-hydrogen) atoms. The summed E-state index contributed by atoms with van der Waals surface area (Å²) in [6, 6.07) is 23.4. The fourth-order valence-electron chi connectivity index (χ4n) is 8.58. The topological polar surface area (TPSA) is 397 Å². The molecule has 1 aliphatic heterocycles. The highest BCUT2D eigenvalue weighted by molar-refractivity contribution is 5.95. The van der Waals surface area contributed by atoms with E-state index in [0.29, 0.717) is 16.7 Å². The monoisotopic (exact) mass is 1060 g/mol. The number of guanidine groups is 2. The van der Waals surface area contributed by atoms with Crippen LogP contribution in [0, 0.1) is 10.8 Å². The maximum Gasteiger partial charge on any atom is 0.303 e. The Hall–Kier alpha value is -8.64. The number of hydrogen-bond donors (Lipinski definition) is 16. The Kier molecular flexibility index (Phi) is 23.6. The van der Waals surface area contributed by atoms with Crippen LogP contribution < -0.4 is 64.6 Å². The van der Waals surface area contributed by atoms with Gasteiger partial charge in [0.1, 0.15) is 30.4 Å². The van der Waals surface area contributed by atoms with Gasteiger partial charge in [0.15, 0.2) is 11.9 Å². The zero-order valence-electron chi connectivity index (χ0n) is 42.6. The minimum Gasteiger partial charge on any atom is -0.481 e. The van der Waals surface area contributed by atoms with Crippen molar-refractivity contribution in [1.29, 1.82) is 10.8 Å². The number of aliphatic carboxylic acids is 1. The fourth-order valence-corrected chi connectivity index (χ4v) is 8.58. The number of fused-ring (bicyclic) bond motifs is 1. The van der Waals surface area contributed by atoms with E-state index >= 15 is 0 Å². The minimum absolute atomic E-state index is 0.0139. The van der Waals surface area contributed by atoms with Crippen LogP contribution in [0.15, 0.2) is 103 Å². The summed E-state index contributed by atoms with van der Waals surface area (Å²) in [5, 5.41) is 65.0. The zero-order chi connectivity index (χ0) is 55.7. The molecule has 1 unspecified atom stereocenters. The lowest BCUT2D eigenvalue weighted by atomic mass is 9.99. The van der Waals surface area contributed by atoms with Crippen molar-refractivity contribution in [2.24, 2.45) is 11.5 Å². The number of nitrogens with one attached hydrogen (secondary N) is 12. The van der Waals surface area contributed by atoms with Crippen LogP contribution in [0.25, 0.3) is 10.8 Å². The maximum absolute atomic E-state index is 14.6. The third-order valence-corrected chi connectivity index (χ3v) is 12.5. The number of carbonyl (C=O) groups is 8. The quantitative estimate of drug-likeness (QED) is 0.0328. The molecule has 0 bridgehead atoms. The predicted molar refractivity (Wildman–Crippen MR) is 286 cm³/mol. The summed E-state index contributed by atoms with van der Waals surface area (Å²) in [5.74, 6) is -7.50. The van der Waals surface area contributed by atoms with Crippen molar-refractivity contribution in [3.63, 3.8) is 0 Å². The van der Waals surface area contributed by atoms with Gasteiger partial charge in [0.25, 0.3) is 0 Å². The number of aliphatic hydroxyl groups excluding tert-OH is 1. The Morgan fingerprint density at radius 1 is 0.545 bits per heavy atom. The molecule has 0 aliphatic carbocycles. The second-order valence-electron chi connectivity index (χ2n) is 18.7. The number of aliphatic hydroxyl groups is 1. The van der Waals surface area contributed by atoms with Crippen molar-refractivity contribution in [3.8, 4) is 0 Å². The highest BCUT2D eigenvalue weighted by Gasteiger charge is 2.32. The van der Waals surface area contributed by atoms with Crippen molar-refractivity contribution in [3.05, 3.63) is 120 Å². The predicted octanol–water partition coefficient (Wildman–Crippen LogP) is -1.40. The van der Waals surface area contributed by atoms with Crippen LogP contribution in [0.2, 0.25) is 0 Å². The van der Waals surface area contributed by atoms with Crippen LogP contribution in [-0.2, 0) is 57.6 Å². The van der Waals surface area contributed by atoms with Crippen molar-refractivity contribution < 1.29 is 48.6 Å². The lowest BCUT2D eigenvalue weighted by Crippen LogP contribution is -2.58. The van der Waals surface area contributed by atoms with Crippen molar-refractivity contribution in [1.82, 2.24) is 53.2 Å². The van der Waals surface area contributed by atoms with Crippen LogP contribution in [0.4, 0.5) is 0 Å². The average molecular weight is 1060 g/mol. The second kappa shape index (κ2) is 30.7. The van der Waals surface area contributed by atoms with E-state index in [2.05, 4.69) is 53.2 Å². The first kappa shape index (κ1) is 59.2. The van der Waals surface area contributed by atoms with Crippen molar-refractivity contribution >= 4 is 70.0 Å². The number of rotatable bonds is 17. The molecule has 0 spiro atoms. The molecule has 24 nitrogen and oxygen atoms in total. The number of amides is 7. The molecular formula is C53H70N14O10. The van der Waals surface area contributed by atoms with Gasteiger partial charge in [-0.15, -0.1) is 0 Å². The molecular weight excluding hydrogens is 993 g/mol. The first-order valence-electron chi connectivity index (χ1n) is 25.3. The van der Waals surface area contributed by atoms with Gasteiger partial charge in [-0.3, -0.25) is 54.5 Å². The molecule has 1 heterocycles. The molecule has 5 rings (SSSR count). The van der Waals surface area contributed by atoms with Gasteiger partial charge in [-0.25, -0.2) is 0 Å². The number of carbonyl (C=O) groups excluding carboxylic acids is 7. The molecule has 0 radical (unpaired) electrons. The van der Waals surface area contributed by atoms with Gasteiger partial charge in [-0.2, -0.15) is 0 Å². The van der Waals surface area contributed by atoms with E-state index in [4.69, 9.17) is 22.3 Å². The summed E-state index contributed by atoms with van der Waals surface area (Å²) >= 11 is 0. The van der Waals surface area contributed by atoms with Crippen molar-refractivity contribution in [2.75, 3.05) is 26.2 Å². The summed E-state index contributed by atoms with van der Waals surface area (Å²) in [7, 11) is 0. The molecule has 7 atom stereocenters. The SMILES string of the molecule is N=C(N)NCCC[C@H]1NC(=O)CNC(O)[C@H](Cc2ccc3ccccc3c2)NC(=O)[C@@H](Cc2ccccc2)NC(=O)C[C@H](Cc2ccccc2)NC(=O)[C@H](CCC(=O)O)NC(=O)[C@@H](CCCNC(=N)N)NC(=O)CNC1=O. The number of nitrogens with two attached hydrogens (primary N) is 2. The standard InChI is InChI=1S/C53H70N14O10/c54-52(55)58-23-9-17-38-47(73)60-30-45(70)64-39(18-10-24-59-53(56)57)50(76)66-40(21-22-46(71)72)49(75)62-37(26-32-11-3-1-4-12-32)29-43(68)65-42(27-33-13-5-2-6-14-33)51(77)67-41(48(74)61-31-44(69)63-38)28-34-19-20-35-15-7-8-16-36(35)25-34/h1-8,11-16,19-20,25,37-42,48,61,74H,9-10,17-18,21-24,26-31H2,(H,60,73)(H,62,75)(H,63,69)(H,64,70)(H,65,68)(H,66,76)(H,67,77)(H,71,72)(H4,54,55,58)(H4,56,57,59)/t37-,38+,39+,40-,41-,42+,48?/m0/s1. The van der Waals surface area contributed by atoms with Gasteiger partial charge in [-0.05, 0) is 72.4 Å². The van der Waals surface area contributed by atoms with Gasteiger partial charge in [0.2, 0.25) is 41.4 Å². The van der Waals surface area contributed by atoms with E-state index in [1.165, 1.54) is 0 Å². The molecule has 0 aromatic heterocycles. The van der Waals surface area contributed by atoms with Gasteiger partial charge in [0.05, 0.1) is 19.1 Å². The minimum atomic E-state index is -1.60. The summed E-state index contributed by atoms with van der Waals surface area (Å²) in [4.78, 5) is 110. The lowest BCUT2D eigenvalue weighted by Gasteiger charge is -2.29. The molecule has 1 fully saturated rings. The van der Waals surface area contributed by atoms with Gasteiger partial charge in [-0.1, -0.05) is 103 Å². The van der Waals surface area contributed by atoms with Gasteiger partial charge < -0.3 is 69.5 Å². The highest BCUT2D eigenvalue weighted by atomic mass is 16.4. The van der Waals surface area contributed by atoms with Crippen LogP contribution in [0.1, 0.15) is 61.6 Å². The van der Waals surface area contributed by atoms with E-state index in [0.717, 1.165) is 10.8 Å². The normalized spacial score (nSPS) is 21.7. The molecule has 24 heteroatoms. The molecule has 412 valence electrons. The summed E-state index contributed by atoms with van der Waals surface area (Å²) in [6.45, 7) is -1.02. The Bertz CT molecular complexity index is 2680. The van der Waals surface area contributed by atoms with Crippen LogP contribution in [-0.4, -0.2) is 138 Å². The van der Waals surface area contributed by atoms with Gasteiger partial charge >= 0.3 is 5.97 Å². The van der Waals surface area contributed by atoms with E-state index < -0.39 is 122 Å². The Labute approximate surface area is 445 Å². The largest absolute Gasteiger partial charge is 0.481 e. The maximum atomic E-state index is 14.6. The number of carboxylic acid groups (broad SMARTS) is 1. The van der Waals surface area contributed by atoms with E-state index in [-0.39, 0.29) is 70.0 Å². The number of benzene rings is 4. The third kappa shape index (κ3) is 21.3. The summed E-state index contributed by atoms with van der Waals surface area (Å²) in [5.41, 5.74) is 13.0. The zero-order valence-corrected chi connectivity index (χ0v) is 42.6. The molecule has 4 aromatic carbocycles. The molecule has 1 aliphatic rings. The van der Waals surface area contributed by atoms with E-state index in [1.807, 2.05) is 42.5 Å². The van der Waals surface area contributed by atoms with Gasteiger partial charge in [0, 0.05) is 38.4 Å². The Morgan fingerprint density at radius 2 is 1.06 bits per heavy atom. The number of carboxylic acids is 1. The van der Waals surface area contributed by atoms with E-state index in [1.54, 1.807) is 60.7 Å². The van der Waals surface area contributed by atoms with Crippen LogP contribution in [0.5, 0.6) is 0 Å². The molecule has 1 saturated heterocycles. The molecule has 0 saturated carbocycles. The molecule has 4 aromatic rings. The molecule has 7 amide bonds. The Balaban J connectivity index is 1.53. The first-order chi connectivity index (χ1) is 36.9. The summed E-state index contributed by atoms with van der Waals surface area (Å²) < 4.78 is 0. The molecule has 18 N–H and O–H groups in total. The number of hydrogen-bond acceptors (Lipinski definition) is 12. The smallest absolute Gasteiger partial charge is 0.303 e. The average Bonchev–Trinajstić information content (AvgIpc) is 3.39. The summed E-state index contributed by atoms with van der Waals surface area (Å²) in [6.07, 6.45) is -2.61. The Morgan fingerprint density at radius 3 is 1.68 bits per heavy atom. The first-order valence-corrected chi connectivity index (χ1v) is 25.3. The second-order valence-corrected chi connectivity index (χ2v) is 18.7. The van der Waals surface area contributed by atoms with Crippen LogP contribution in [0.3, 0.4) is 0 Å². The lowest BCUT2D eigenvalue weighted by molar-refractivity contribution is -0.138. The fraction of sp³-hybridized carbons (Fsp3) is 0.396. The van der Waals surface area contributed by atoms with E-state index in [9.17, 15) is 48.6 Å². The highest BCUT2D eigenvalue weighted by Crippen LogP contribution is 2.18.